The first-order valence-corrected chi connectivity index (χ1v) is 11.3. The lowest BCUT2D eigenvalue weighted by atomic mass is 9.95. The lowest BCUT2D eigenvalue weighted by Crippen LogP contribution is -2.57. The largest absolute Gasteiger partial charge is 0.369 e. The van der Waals surface area contributed by atoms with Gasteiger partial charge in [-0.05, 0) is 44.7 Å². The van der Waals surface area contributed by atoms with Gasteiger partial charge in [0.15, 0.2) is 0 Å². The van der Waals surface area contributed by atoms with Gasteiger partial charge in [-0.1, -0.05) is 17.7 Å². The van der Waals surface area contributed by atoms with Crippen LogP contribution in [-0.4, -0.2) is 68.8 Å². The predicted octanol–water partition coefficient (Wildman–Crippen LogP) is 2.51. The number of nitrogens with zero attached hydrogens (tertiary/aromatic N) is 2. The molecule has 1 aromatic rings. The van der Waals surface area contributed by atoms with Crippen LogP contribution in [0, 0.1) is 26.7 Å². The Labute approximate surface area is 170 Å². The van der Waals surface area contributed by atoms with Crippen LogP contribution in [0.25, 0.3) is 0 Å². The summed E-state index contributed by atoms with van der Waals surface area (Å²) in [6.45, 7) is 6.18. The molecule has 0 aliphatic carbocycles. The average molecular weight is 431 g/mol. The number of amides is 1. The second kappa shape index (κ2) is 8.65. The highest BCUT2D eigenvalue weighted by atomic mass is 32.2. The molecule has 29 heavy (non-hydrogen) atoms. The lowest BCUT2D eigenvalue weighted by molar-refractivity contribution is -0.153. The van der Waals surface area contributed by atoms with Crippen LogP contribution in [-0.2, 0) is 19.6 Å². The maximum atomic E-state index is 13.1. The zero-order valence-electron chi connectivity index (χ0n) is 17.0. The van der Waals surface area contributed by atoms with E-state index in [1.807, 2.05) is 19.1 Å². The normalized spacial score (nSPS) is 19.6. The number of hydrogen-bond acceptors (Lipinski definition) is 4. The number of ether oxygens (including phenoxy) is 1. The van der Waals surface area contributed by atoms with Gasteiger partial charge in [0.2, 0.25) is 15.9 Å². The molecule has 0 spiro atoms. The highest BCUT2D eigenvalue weighted by Crippen LogP contribution is 2.30. The van der Waals surface area contributed by atoms with Crippen molar-refractivity contribution in [3.05, 3.63) is 28.8 Å². The molecular formula is C20H28F2N2O4S. The summed E-state index contributed by atoms with van der Waals surface area (Å²) >= 11 is 0. The number of alkyl halides is 2. The number of hydrogen-bond donors (Lipinski definition) is 0. The third-order valence-corrected chi connectivity index (χ3v) is 7.83. The van der Waals surface area contributed by atoms with E-state index < -0.39 is 23.1 Å². The van der Waals surface area contributed by atoms with Crippen molar-refractivity contribution in [3.8, 4) is 0 Å². The minimum Gasteiger partial charge on any atom is -0.369 e. The van der Waals surface area contributed by atoms with Gasteiger partial charge in [-0.3, -0.25) is 4.79 Å². The molecule has 2 fully saturated rings. The molecule has 162 valence electrons. The number of halogens is 2. The Balaban J connectivity index is 1.56. The van der Waals surface area contributed by atoms with Crippen molar-refractivity contribution in [2.45, 2.75) is 51.0 Å². The molecule has 2 saturated heterocycles. The number of rotatable bonds is 6. The SMILES string of the molecule is Cc1cc(C)c(S(=O)(=O)N2CCC(C(=O)N3CC(OCC(F)F)C3)CC2)c(C)c1. The van der Waals surface area contributed by atoms with Crippen molar-refractivity contribution < 1.29 is 26.7 Å². The number of aryl methyl sites for hydroxylation is 3. The molecule has 6 nitrogen and oxygen atoms in total. The summed E-state index contributed by atoms with van der Waals surface area (Å²) in [5.74, 6) is -0.278. The van der Waals surface area contributed by atoms with Crippen LogP contribution in [0.4, 0.5) is 8.78 Å². The Bertz CT molecular complexity index is 838. The van der Waals surface area contributed by atoms with E-state index in [0.29, 0.717) is 43.9 Å². The first-order chi connectivity index (χ1) is 13.6. The van der Waals surface area contributed by atoms with Gasteiger partial charge in [-0.2, -0.15) is 4.31 Å². The summed E-state index contributed by atoms with van der Waals surface area (Å²) in [6.07, 6.45) is -1.92. The second-order valence-corrected chi connectivity index (χ2v) is 9.87. The monoisotopic (exact) mass is 430 g/mol. The van der Waals surface area contributed by atoms with Gasteiger partial charge in [0.1, 0.15) is 6.61 Å². The predicted molar refractivity (Wildman–Crippen MR) is 104 cm³/mol. The molecule has 9 heteroatoms. The van der Waals surface area contributed by atoms with Gasteiger partial charge >= 0.3 is 0 Å². The van der Waals surface area contributed by atoms with Crippen molar-refractivity contribution in [2.24, 2.45) is 5.92 Å². The third kappa shape index (κ3) is 4.78. The molecule has 0 saturated carbocycles. The molecule has 0 bridgehead atoms. The maximum absolute atomic E-state index is 13.1. The van der Waals surface area contributed by atoms with Gasteiger partial charge in [0.25, 0.3) is 6.43 Å². The fourth-order valence-electron chi connectivity index (χ4n) is 4.24. The van der Waals surface area contributed by atoms with Crippen molar-refractivity contribution >= 4 is 15.9 Å². The summed E-state index contributed by atoms with van der Waals surface area (Å²) in [4.78, 5) is 14.6. The second-order valence-electron chi connectivity index (χ2n) is 8.00. The molecule has 3 rings (SSSR count). The summed E-state index contributed by atoms with van der Waals surface area (Å²) in [5.41, 5.74) is 2.49. The van der Waals surface area contributed by atoms with Gasteiger partial charge < -0.3 is 9.64 Å². The van der Waals surface area contributed by atoms with Crippen LogP contribution in [0.5, 0.6) is 0 Å². The highest BCUT2D eigenvalue weighted by molar-refractivity contribution is 7.89. The number of sulfonamides is 1. The Hall–Kier alpha value is -1.58. The van der Waals surface area contributed by atoms with E-state index in [4.69, 9.17) is 4.74 Å². The Kier molecular flexibility index (Phi) is 6.60. The third-order valence-electron chi connectivity index (χ3n) is 5.62. The first kappa shape index (κ1) is 22.1. The zero-order chi connectivity index (χ0) is 21.3. The molecule has 1 amide bonds. The van der Waals surface area contributed by atoms with E-state index in [1.165, 1.54) is 4.31 Å². The fourth-order valence-corrected chi connectivity index (χ4v) is 6.12. The highest BCUT2D eigenvalue weighted by Gasteiger charge is 2.39. The smallest absolute Gasteiger partial charge is 0.261 e. The van der Waals surface area contributed by atoms with Crippen LogP contribution in [0.2, 0.25) is 0 Å². The van der Waals surface area contributed by atoms with Crippen LogP contribution in [0.15, 0.2) is 17.0 Å². The molecule has 0 N–H and O–H groups in total. The van der Waals surface area contributed by atoms with Crippen molar-refractivity contribution in [1.82, 2.24) is 9.21 Å². The number of benzene rings is 1. The van der Waals surface area contributed by atoms with Crippen LogP contribution >= 0.6 is 0 Å². The minimum absolute atomic E-state index is 0.0401. The van der Waals surface area contributed by atoms with E-state index in [9.17, 15) is 22.0 Å². The first-order valence-electron chi connectivity index (χ1n) is 9.86. The van der Waals surface area contributed by atoms with Crippen LogP contribution in [0.3, 0.4) is 0 Å². The quantitative estimate of drug-likeness (QED) is 0.696. The Morgan fingerprint density at radius 2 is 1.69 bits per heavy atom. The van der Waals surface area contributed by atoms with E-state index in [0.717, 1.165) is 16.7 Å². The van der Waals surface area contributed by atoms with Gasteiger partial charge in [-0.15, -0.1) is 0 Å². The number of carbonyl (C=O) groups excluding carboxylic acids is 1. The van der Waals surface area contributed by atoms with Crippen molar-refractivity contribution in [3.63, 3.8) is 0 Å². The molecule has 0 aromatic heterocycles. The molecule has 0 atom stereocenters. The Morgan fingerprint density at radius 3 is 2.21 bits per heavy atom. The van der Waals surface area contributed by atoms with Gasteiger partial charge in [0, 0.05) is 32.1 Å². The molecule has 2 aliphatic rings. The average Bonchev–Trinajstić information content (AvgIpc) is 2.58. The zero-order valence-corrected chi connectivity index (χ0v) is 17.8. The standard InChI is InChI=1S/C20H28F2N2O4S/c1-13-8-14(2)19(15(3)9-13)29(26,27)24-6-4-16(5-7-24)20(25)23-10-17(11-23)28-12-18(21)22/h8-9,16-18H,4-7,10-12H2,1-3H3. The van der Waals surface area contributed by atoms with E-state index in [1.54, 1.807) is 18.7 Å². The molecule has 2 heterocycles. The molecular weight excluding hydrogens is 402 g/mol. The summed E-state index contributed by atoms with van der Waals surface area (Å²) in [6, 6.07) is 3.74. The van der Waals surface area contributed by atoms with E-state index >= 15 is 0 Å². The molecule has 1 aromatic carbocycles. The number of piperidine rings is 1. The van der Waals surface area contributed by atoms with E-state index in [2.05, 4.69) is 0 Å². The topological polar surface area (TPSA) is 66.9 Å². The lowest BCUT2D eigenvalue weighted by Gasteiger charge is -2.42. The number of carbonyl (C=O) groups is 1. The van der Waals surface area contributed by atoms with Gasteiger partial charge in [0.05, 0.1) is 11.0 Å². The minimum atomic E-state index is -3.61. The molecule has 2 aliphatic heterocycles. The summed E-state index contributed by atoms with van der Waals surface area (Å²) in [7, 11) is -3.61. The van der Waals surface area contributed by atoms with Crippen molar-refractivity contribution in [1.29, 1.82) is 0 Å². The molecule has 0 radical (unpaired) electrons. The van der Waals surface area contributed by atoms with Gasteiger partial charge in [-0.25, -0.2) is 17.2 Å². The van der Waals surface area contributed by atoms with Crippen molar-refractivity contribution in [2.75, 3.05) is 32.8 Å². The van der Waals surface area contributed by atoms with E-state index in [-0.39, 0.29) is 17.9 Å². The summed E-state index contributed by atoms with van der Waals surface area (Å²) < 4.78 is 57.1. The Morgan fingerprint density at radius 1 is 1.14 bits per heavy atom. The number of likely N-dealkylation sites (tertiary alicyclic amines) is 1. The van der Waals surface area contributed by atoms with Crippen LogP contribution in [0.1, 0.15) is 29.5 Å². The molecule has 0 unspecified atom stereocenters. The fraction of sp³-hybridized carbons (Fsp3) is 0.650. The summed E-state index contributed by atoms with van der Waals surface area (Å²) in [5, 5.41) is 0. The van der Waals surface area contributed by atoms with Crippen LogP contribution < -0.4 is 0 Å². The maximum Gasteiger partial charge on any atom is 0.261 e.